The van der Waals surface area contributed by atoms with Crippen LogP contribution in [0.2, 0.25) is 25.1 Å². The second kappa shape index (κ2) is 47.9. The molecule has 3 aliphatic rings. The Kier molecular flexibility index (Phi) is 35.1. The van der Waals surface area contributed by atoms with Crippen molar-refractivity contribution >= 4 is 106 Å². The fourth-order valence-electron chi connectivity index (χ4n) is 17.4. The van der Waals surface area contributed by atoms with Crippen molar-refractivity contribution in [2.45, 2.75) is 89.7 Å². The van der Waals surface area contributed by atoms with Crippen molar-refractivity contribution < 1.29 is 67.4 Å². The molecule has 10 aromatic heterocycles. The number of benzene rings is 5. The molecule has 0 saturated carbocycles. The highest BCUT2D eigenvalue weighted by atomic mass is 35.5. The number of amides is 1. The molecule has 0 spiro atoms. The lowest BCUT2D eigenvalue weighted by molar-refractivity contribution is -0.147. The van der Waals surface area contributed by atoms with Gasteiger partial charge in [-0.3, -0.25) is 66.6 Å². The predicted octanol–water partition coefficient (Wildman–Crippen LogP) is 16.1. The number of carbonyl (C=O) groups excluding carboxylic acids is 5. The van der Waals surface area contributed by atoms with Gasteiger partial charge in [-0.15, -0.1) is 0 Å². The Balaban J connectivity index is 0.000000146. The van der Waals surface area contributed by atoms with Gasteiger partial charge in [-0.1, -0.05) is 107 Å². The van der Waals surface area contributed by atoms with Gasteiger partial charge in [-0.25, -0.2) is 9.59 Å². The zero-order valence-electron chi connectivity index (χ0n) is 82.9. The number of nitrogens with zero attached hydrogens (tertiary/aromatic N) is 15. The number of aliphatic hydroxyl groups is 1. The number of aliphatic carboxylic acids is 1. The van der Waals surface area contributed by atoms with Crippen LogP contribution in [0.4, 0.5) is 0 Å². The SMILES string of the molecule is CCNC(=O)CC1OC(c2ccc(Cl)cc2)c2c(cnn2C)-c2cn(C)c(=O)cc21.CCOC(=O)/C=C/c1cc(=O)n(C)cc1-c1cnn(C)c1C(=O)c1ccc(Cl)cc1.CCOC(=O)/C=C/c1cc(=O)n(C)cc1-c1cnn(C)c1C(O)c1ccc(Cl)cc1.CCOC(=O)CC1OC(c2ccc(Cl)cc2)c2c(cnn2C)-c2cn(C)c(=O)cc21.Cn1ncc2c1C(c1ccc(Cl)cc1)OC(CC(=O)O)c1cc(=O)n(C)cc1-2. The molecule has 35 nitrogen and oxygen atoms in total. The van der Waals surface area contributed by atoms with E-state index in [4.69, 9.17) is 86.4 Å². The number of ether oxygens (including phenoxy) is 6. The number of ketones is 1. The molecule has 5 aromatic carbocycles. The van der Waals surface area contributed by atoms with Gasteiger partial charge in [0.1, 0.15) is 30.1 Å². The molecule has 0 fully saturated rings. The van der Waals surface area contributed by atoms with Crippen molar-refractivity contribution in [2.24, 2.45) is 70.5 Å². The zero-order valence-corrected chi connectivity index (χ0v) is 86.7. The number of aryl methyl sites for hydroxylation is 10. The van der Waals surface area contributed by atoms with E-state index < -0.39 is 60.6 Å². The first-order valence-electron chi connectivity index (χ1n) is 46.7. The highest BCUT2D eigenvalue weighted by Gasteiger charge is 2.40. The smallest absolute Gasteiger partial charge is 0.330 e. The first-order valence-corrected chi connectivity index (χ1v) is 48.6. The summed E-state index contributed by atoms with van der Waals surface area (Å²) in [6.07, 6.45) is 17.8. The van der Waals surface area contributed by atoms with Gasteiger partial charge in [-0.2, -0.15) is 25.5 Å². The van der Waals surface area contributed by atoms with E-state index in [1.165, 1.54) is 76.1 Å². The molecule has 15 aromatic rings. The lowest BCUT2D eigenvalue weighted by Gasteiger charge is -2.24. The number of carboxylic acid groups (broad SMARTS) is 1. The van der Waals surface area contributed by atoms with Gasteiger partial charge in [0, 0.05) is 237 Å². The lowest BCUT2D eigenvalue weighted by atomic mass is 9.96. The number of rotatable bonds is 23. The van der Waals surface area contributed by atoms with E-state index in [2.05, 4.69) is 30.8 Å². The minimum Gasteiger partial charge on any atom is -0.481 e. The number of pyridine rings is 5. The van der Waals surface area contributed by atoms with Crippen molar-refractivity contribution in [1.29, 1.82) is 0 Å². The molecule has 0 bridgehead atoms. The number of nitrogens with one attached hydrogen (secondary N) is 1. The largest absolute Gasteiger partial charge is 0.481 e. The van der Waals surface area contributed by atoms with Crippen LogP contribution >= 0.6 is 58.0 Å². The van der Waals surface area contributed by atoms with Crippen molar-refractivity contribution in [1.82, 2.24) is 77.1 Å². The minimum atomic E-state index is -1.00. The molecular formula is C108H105Cl5N16O19. The van der Waals surface area contributed by atoms with E-state index in [0.717, 1.165) is 67.2 Å². The van der Waals surface area contributed by atoms with Gasteiger partial charge in [0.2, 0.25) is 11.7 Å². The maximum Gasteiger partial charge on any atom is 0.330 e. The van der Waals surface area contributed by atoms with Gasteiger partial charge in [0.15, 0.2) is 0 Å². The van der Waals surface area contributed by atoms with Gasteiger partial charge in [0.25, 0.3) is 27.8 Å². The third-order valence-electron chi connectivity index (χ3n) is 24.7. The van der Waals surface area contributed by atoms with Crippen molar-refractivity contribution in [3.05, 3.63) is 387 Å². The second-order valence-electron chi connectivity index (χ2n) is 34.7. The number of hydrogen-bond donors (Lipinski definition) is 3. The monoisotopic (exact) mass is 2100 g/mol. The number of hydrogen-bond acceptors (Lipinski definition) is 23. The second-order valence-corrected chi connectivity index (χ2v) is 36.8. The number of fused-ring (bicyclic) bond motifs is 9. The third kappa shape index (κ3) is 24.8. The maximum atomic E-state index is 13.2. The van der Waals surface area contributed by atoms with Crippen LogP contribution in [0.5, 0.6) is 0 Å². The van der Waals surface area contributed by atoms with Crippen molar-refractivity contribution in [3.8, 4) is 55.6 Å². The molecule has 13 heterocycles. The lowest BCUT2D eigenvalue weighted by Crippen LogP contribution is -2.27. The van der Waals surface area contributed by atoms with Gasteiger partial charge < -0.3 is 66.8 Å². The Morgan fingerprint density at radius 2 is 0.703 bits per heavy atom. The van der Waals surface area contributed by atoms with Crippen LogP contribution in [0.3, 0.4) is 0 Å². The number of carbonyl (C=O) groups is 6. The van der Waals surface area contributed by atoms with Crippen LogP contribution in [-0.2, 0) is 123 Å². The summed E-state index contributed by atoms with van der Waals surface area (Å²) in [5.41, 5.74) is 16.2. The molecule has 3 aliphatic heterocycles. The topological polar surface area (TPSA) is 409 Å². The molecular weight excluding hydrogens is 2000 g/mol. The van der Waals surface area contributed by atoms with Gasteiger partial charge in [-0.05, 0) is 163 Å². The fraction of sp³-hybridized carbons (Fsp3) is 0.259. The Hall–Kier alpha value is -15.3. The Morgan fingerprint density at radius 3 is 1.07 bits per heavy atom. The molecule has 0 radical (unpaired) electrons. The summed E-state index contributed by atoms with van der Waals surface area (Å²) in [5.74, 6) is -2.78. The number of carboxylic acids is 1. The van der Waals surface area contributed by atoms with Crippen LogP contribution in [0.1, 0.15) is 179 Å². The van der Waals surface area contributed by atoms with Crippen molar-refractivity contribution in [3.63, 3.8) is 0 Å². The first-order chi connectivity index (χ1) is 70.7. The molecule has 18 rings (SSSR count). The molecule has 3 N–H and O–H groups in total. The quantitative estimate of drug-likeness (QED) is 0.0232. The van der Waals surface area contributed by atoms with E-state index in [-0.39, 0.29) is 84.5 Å². The van der Waals surface area contributed by atoms with E-state index in [9.17, 15) is 63.0 Å². The summed E-state index contributed by atoms with van der Waals surface area (Å²) in [7, 11) is 17.2. The summed E-state index contributed by atoms with van der Waals surface area (Å²) >= 11 is 30.1. The molecule has 766 valence electrons. The predicted molar refractivity (Wildman–Crippen MR) is 559 cm³/mol. The van der Waals surface area contributed by atoms with Crippen LogP contribution < -0.4 is 33.1 Å². The average molecular weight is 2110 g/mol. The Labute approximate surface area is 873 Å². The Morgan fingerprint density at radius 1 is 0.385 bits per heavy atom. The molecule has 40 heteroatoms. The summed E-state index contributed by atoms with van der Waals surface area (Å²) in [5, 5.41) is 48.0. The van der Waals surface area contributed by atoms with Gasteiger partial charge >= 0.3 is 23.9 Å². The number of esters is 3. The average Bonchev–Trinajstić information content (AvgIpc) is 1.71. The van der Waals surface area contributed by atoms with Gasteiger partial charge in [0.05, 0.1) is 111 Å². The molecule has 7 unspecified atom stereocenters. The van der Waals surface area contributed by atoms with Crippen LogP contribution in [0.15, 0.2) is 250 Å². The maximum absolute atomic E-state index is 13.2. The summed E-state index contributed by atoms with van der Waals surface area (Å²) in [6.45, 7) is 8.36. The first kappa shape index (κ1) is 108. The zero-order chi connectivity index (χ0) is 106. The molecule has 0 saturated heterocycles. The van der Waals surface area contributed by atoms with E-state index in [0.29, 0.717) is 104 Å². The van der Waals surface area contributed by atoms with E-state index in [1.54, 1.807) is 230 Å². The molecule has 148 heavy (non-hydrogen) atoms. The normalized spacial score (nSPS) is 15.4. The molecule has 7 atom stereocenters. The Bertz CT molecular complexity index is 7700. The molecule has 0 aliphatic carbocycles. The van der Waals surface area contributed by atoms with Crippen LogP contribution in [0, 0.1) is 0 Å². The molecule has 1 amide bonds. The van der Waals surface area contributed by atoms with E-state index in [1.807, 2.05) is 76.6 Å². The standard InChI is InChI=1S/C22H23ClN4O3.2C22H22ClN3O4.C22H20ClN3O4.C20H18ClN3O4/c1-4-24-19(28)10-18-15-9-20(29)26(2)12-17(15)16-11-25-27(3)21(16)22(30-18)13-5-7-14(23)8-6-13;1-4-29-20(28)10-18-15-9-19(27)25(2)12-17(15)16-11-24-26(3)21(16)22(30-18)13-5-7-14(23)8-6-13;2*1-4-30-20(28)10-7-15-11-19(27)25(2)13-18(15)17-12-24-26(3)21(17)22(29)14-5-8-16(23)9-6-14;1-23-10-15-13(7-17(23)25)16(8-18(26)27)28-20(11-3-5-12(21)6-4-11)19-14(15)9-22-24(19)2/h5-9,11-12,18,22H,4,10H2,1-3H3,(H,24,28);5-9,11-12,18,22H,4,10H2,1-3H3;5-13,22,29H,4H2,1-3H3;5-13H,4H2,1-3H3;3-7,9-10,16,20H,8H2,1-2H3,(H,26,27)/b;;2*10-7+;. The number of aromatic nitrogens is 15. The van der Waals surface area contributed by atoms with Crippen LogP contribution in [0.25, 0.3) is 67.8 Å². The highest BCUT2D eigenvalue weighted by molar-refractivity contribution is 6.32. The summed E-state index contributed by atoms with van der Waals surface area (Å²) in [4.78, 5) is 134. The van der Waals surface area contributed by atoms with Crippen LogP contribution in [-0.4, -0.2) is 144 Å². The number of halogens is 5. The minimum absolute atomic E-state index is 0.000482. The highest BCUT2D eigenvalue weighted by Crippen LogP contribution is 2.49. The van der Waals surface area contributed by atoms with Crippen molar-refractivity contribution in [2.75, 3.05) is 26.4 Å². The summed E-state index contributed by atoms with van der Waals surface area (Å²) < 4.78 is 50.0. The third-order valence-corrected chi connectivity index (χ3v) is 26.0. The fourth-order valence-corrected chi connectivity index (χ4v) is 18.0. The van der Waals surface area contributed by atoms with E-state index >= 15 is 0 Å². The number of aliphatic hydroxyl groups excluding tert-OH is 1. The summed E-state index contributed by atoms with van der Waals surface area (Å²) in [6, 6.07) is 42.8.